The third kappa shape index (κ3) is 3.27. The van der Waals surface area contributed by atoms with Crippen molar-refractivity contribution in [1.82, 2.24) is 9.97 Å². The summed E-state index contributed by atoms with van der Waals surface area (Å²) in [4.78, 5) is 8.46. The third-order valence-corrected chi connectivity index (χ3v) is 2.52. The van der Waals surface area contributed by atoms with E-state index in [1.54, 1.807) is 6.20 Å². The summed E-state index contributed by atoms with van der Waals surface area (Å²) in [6, 6.07) is 3.78. The molecule has 0 aliphatic carbocycles. The molecule has 2 aromatic rings. The van der Waals surface area contributed by atoms with E-state index < -0.39 is 0 Å². The monoisotopic (exact) mass is 233 g/mol. The van der Waals surface area contributed by atoms with Gasteiger partial charge in [-0.05, 0) is 24.0 Å². The summed E-state index contributed by atoms with van der Waals surface area (Å²) in [5, 5.41) is 0. The fourth-order valence-corrected chi connectivity index (χ4v) is 1.98. The van der Waals surface area contributed by atoms with Crippen LogP contribution in [0.3, 0.4) is 0 Å². The molecule has 92 valence electrons. The van der Waals surface area contributed by atoms with Crippen LogP contribution in [0.4, 0.5) is 0 Å². The molecule has 0 aromatic carbocycles. The highest BCUT2D eigenvalue weighted by molar-refractivity contribution is 5.66. The molecular weight excluding hydrogens is 214 g/mol. The Hall–Kier alpha value is -1.42. The van der Waals surface area contributed by atoms with Gasteiger partial charge in [-0.1, -0.05) is 20.8 Å². The maximum absolute atomic E-state index is 6.09. The lowest BCUT2D eigenvalue weighted by Crippen LogP contribution is -2.28. The Morgan fingerprint density at radius 2 is 2.18 bits per heavy atom. The molecule has 0 saturated heterocycles. The first-order valence-electron chi connectivity index (χ1n) is 5.90. The van der Waals surface area contributed by atoms with Gasteiger partial charge in [-0.3, -0.25) is 0 Å². The summed E-state index contributed by atoms with van der Waals surface area (Å²) >= 11 is 0. The minimum atomic E-state index is 0.0723. The molecular formula is C13H19N3O. The molecule has 1 unspecified atom stereocenters. The van der Waals surface area contributed by atoms with E-state index in [0.717, 1.165) is 12.0 Å². The molecule has 0 saturated carbocycles. The van der Waals surface area contributed by atoms with Gasteiger partial charge < -0.3 is 10.2 Å². The first-order chi connectivity index (χ1) is 7.94. The van der Waals surface area contributed by atoms with Crippen LogP contribution in [-0.2, 0) is 6.42 Å². The van der Waals surface area contributed by atoms with E-state index >= 15 is 0 Å². The molecule has 0 aliphatic heterocycles. The zero-order valence-corrected chi connectivity index (χ0v) is 10.6. The molecule has 2 aromatic heterocycles. The molecule has 1 atom stereocenters. The van der Waals surface area contributed by atoms with Gasteiger partial charge in [-0.15, -0.1) is 0 Å². The second kappa shape index (κ2) is 4.45. The summed E-state index contributed by atoms with van der Waals surface area (Å²) in [7, 11) is 0. The van der Waals surface area contributed by atoms with Crippen molar-refractivity contribution in [3.05, 3.63) is 24.2 Å². The molecule has 4 heteroatoms. The quantitative estimate of drug-likeness (QED) is 0.884. The number of nitrogens with zero attached hydrogens (tertiary/aromatic N) is 2. The molecule has 0 bridgehead atoms. The van der Waals surface area contributed by atoms with Gasteiger partial charge in [-0.2, -0.15) is 4.98 Å². The van der Waals surface area contributed by atoms with Crippen LogP contribution in [0.2, 0.25) is 0 Å². The van der Waals surface area contributed by atoms with Crippen LogP contribution in [0.15, 0.2) is 22.7 Å². The molecule has 2 N–H and O–H groups in total. The zero-order valence-electron chi connectivity index (χ0n) is 10.6. The third-order valence-electron chi connectivity index (χ3n) is 2.52. The average molecular weight is 233 g/mol. The Labute approximate surface area is 101 Å². The normalized spacial score (nSPS) is 14.1. The van der Waals surface area contributed by atoms with E-state index in [2.05, 4.69) is 30.7 Å². The van der Waals surface area contributed by atoms with Crippen LogP contribution in [0.5, 0.6) is 0 Å². The number of oxazole rings is 1. The lowest BCUT2D eigenvalue weighted by molar-refractivity contribution is 0.329. The molecule has 0 aliphatic rings. The number of hydrogen-bond donors (Lipinski definition) is 1. The summed E-state index contributed by atoms with van der Waals surface area (Å²) in [5.41, 5.74) is 7.70. The highest BCUT2D eigenvalue weighted by Gasteiger charge is 2.18. The van der Waals surface area contributed by atoms with Gasteiger partial charge in [0.1, 0.15) is 0 Å². The predicted molar refractivity (Wildman–Crippen MR) is 67.6 cm³/mol. The Balaban J connectivity index is 2.08. The van der Waals surface area contributed by atoms with E-state index in [-0.39, 0.29) is 11.5 Å². The number of aromatic nitrogens is 2. The Morgan fingerprint density at radius 1 is 1.41 bits per heavy atom. The van der Waals surface area contributed by atoms with Crippen LogP contribution in [0, 0.1) is 5.41 Å². The lowest BCUT2D eigenvalue weighted by atomic mass is 9.87. The van der Waals surface area contributed by atoms with Crippen molar-refractivity contribution in [3.8, 4) is 0 Å². The number of fused-ring (bicyclic) bond motifs is 1. The maximum Gasteiger partial charge on any atom is 0.198 e. The highest BCUT2D eigenvalue weighted by Crippen LogP contribution is 2.22. The SMILES string of the molecule is CC(C)(C)CC(N)Cc1nc2ncccc2o1. The summed E-state index contributed by atoms with van der Waals surface area (Å²) < 4.78 is 5.60. The molecule has 17 heavy (non-hydrogen) atoms. The lowest BCUT2D eigenvalue weighted by Gasteiger charge is -2.22. The van der Waals surface area contributed by atoms with Crippen molar-refractivity contribution in [3.63, 3.8) is 0 Å². The van der Waals surface area contributed by atoms with Gasteiger partial charge in [-0.25, -0.2) is 4.98 Å². The van der Waals surface area contributed by atoms with Gasteiger partial charge in [0.2, 0.25) is 0 Å². The molecule has 0 amide bonds. The van der Waals surface area contributed by atoms with Crippen molar-refractivity contribution in [2.75, 3.05) is 0 Å². The van der Waals surface area contributed by atoms with Crippen LogP contribution in [-0.4, -0.2) is 16.0 Å². The fraction of sp³-hybridized carbons (Fsp3) is 0.538. The zero-order chi connectivity index (χ0) is 12.5. The maximum atomic E-state index is 6.09. The number of hydrogen-bond acceptors (Lipinski definition) is 4. The predicted octanol–water partition coefficient (Wildman–Crippen LogP) is 2.53. The van der Waals surface area contributed by atoms with Gasteiger partial charge in [0.25, 0.3) is 0 Å². The Morgan fingerprint density at radius 3 is 2.82 bits per heavy atom. The van der Waals surface area contributed by atoms with Gasteiger partial charge in [0, 0.05) is 18.7 Å². The van der Waals surface area contributed by atoms with Gasteiger partial charge >= 0.3 is 0 Å². The van der Waals surface area contributed by atoms with Gasteiger partial charge in [0.15, 0.2) is 17.1 Å². The first kappa shape index (κ1) is 12.0. The standard InChI is InChI=1S/C13H19N3O/c1-13(2,3)8-9(14)7-11-16-12-10(17-11)5-4-6-15-12/h4-6,9H,7-8,14H2,1-3H3. The first-order valence-corrected chi connectivity index (χ1v) is 5.90. The molecule has 0 radical (unpaired) electrons. The smallest absolute Gasteiger partial charge is 0.198 e. The van der Waals surface area contributed by atoms with Crippen LogP contribution >= 0.6 is 0 Å². The van der Waals surface area contributed by atoms with Crippen molar-refractivity contribution < 1.29 is 4.42 Å². The number of pyridine rings is 1. The fourth-order valence-electron chi connectivity index (χ4n) is 1.98. The van der Waals surface area contributed by atoms with Gasteiger partial charge in [0.05, 0.1) is 0 Å². The molecule has 2 heterocycles. The minimum Gasteiger partial charge on any atom is -0.439 e. The van der Waals surface area contributed by atoms with Crippen molar-refractivity contribution in [2.45, 2.75) is 39.7 Å². The van der Waals surface area contributed by atoms with Crippen molar-refractivity contribution in [1.29, 1.82) is 0 Å². The Kier molecular flexibility index (Phi) is 3.15. The largest absolute Gasteiger partial charge is 0.439 e. The van der Waals surface area contributed by atoms with E-state index in [1.807, 2.05) is 12.1 Å². The van der Waals surface area contributed by atoms with Crippen molar-refractivity contribution in [2.24, 2.45) is 11.1 Å². The molecule has 4 nitrogen and oxygen atoms in total. The molecule has 0 fully saturated rings. The summed E-state index contributed by atoms with van der Waals surface area (Å²) in [6.07, 6.45) is 3.32. The van der Waals surface area contributed by atoms with Crippen molar-refractivity contribution >= 4 is 11.2 Å². The summed E-state index contributed by atoms with van der Waals surface area (Å²) in [5.74, 6) is 0.676. The summed E-state index contributed by atoms with van der Waals surface area (Å²) in [6.45, 7) is 6.54. The van der Waals surface area contributed by atoms with Crippen LogP contribution in [0.25, 0.3) is 11.2 Å². The van der Waals surface area contributed by atoms with E-state index in [4.69, 9.17) is 10.2 Å². The highest BCUT2D eigenvalue weighted by atomic mass is 16.3. The average Bonchev–Trinajstić information content (AvgIpc) is 2.55. The van der Waals surface area contributed by atoms with E-state index in [0.29, 0.717) is 18.0 Å². The van der Waals surface area contributed by atoms with Crippen LogP contribution in [0.1, 0.15) is 33.1 Å². The number of nitrogens with two attached hydrogens (primary N) is 1. The minimum absolute atomic E-state index is 0.0723. The molecule has 2 rings (SSSR count). The van der Waals surface area contributed by atoms with E-state index in [1.165, 1.54) is 0 Å². The Bertz CT molecular complexity index is 466. The van der Waals surface area contributed by atoms with Crippen LogP contribution < -0.4 is 5.73 Å². The second-order valence-electron chi connectivity index (χ2n) is 5.66. The van der Waals surface area contributed by atoms with E-state index in [9.17, 15) is 0 Å². The number of rotatable bonds is 3. The molecule has 0 spiro atoms. The topological polar surface area (TPSA) is 64.9 Å². The second-order valence-corrected chi connectivity index (χ2v) is 5.66.